The molecular formula is C15H17ClN2O3S. The molecule has 7 heteroatoms. The highest BCUT2D eigenvalue weighted by atomic mass is 35.5. The molecule has 0 atom stereocenters. The Morgan fingerprint density at radius 1 is 1.09 bits per heavy atom. The second-order valence-electron chi connectivity index (χ2n) is 5.05. The van der Waals surface area contributed by atoms with Gasteiger partial charge in [0.25, 0.3) is 5.56 Å². The van der Waals surface area contributed by atoms with Crippen molar-refractivity contribution in [1.82, 2.24) is 8.87 Å². The molecular weight excluding hydrogens is 324 g/mol. The summed E-state index contributed by atoms with van der Waals surface area (Å²) in [7, 11) is 1.18. The molecule has 0 amide bonds. The van der Waals surface area contributed by atoms with Crippen LogP contribution in [0.1, 0.15) is 5.56 Å². The molecule has 2 rings (SSSR count). The van der Waals surface area contributed by atoms with Gasteiger partial charge in [-0.2, -0.15) is 0 Å². The van der Waals surface area contributed by atoms with Crippen molar-refractivity contribution in [3.63, 3.8) is 0 Å². The second kappa shape index (κ2) is 6.24. The fourth-order valence-corrected chi connectivity index (χ4v) is 3.19. The minimum Gasteiger partial charge on any atom is -0.311 e. The summed E-state index contributed by atoms with van der Waals surface area (Å²) in [5.41, 5.74) is 1.84. The van der Waals surface area contributed by atoms with Gasteiger partial charge in [-0.1, -0.05) is 18.2 Å². The molecule has 5 nitrogen and oxygen atoms in total. The van der Waals surface area contributed by atoms with E-state index < -0.39 is 10.0 Å². The molecule has 2 aromatic rings. The first-order valence-electron chi connectivity index (χ1n) is 6.57. The van der Waals surface area contributed by atoms with Crippen LogP contribution in [-0.4, -0.2) is 31.4 Å². The zero-order valence-corrected chi connectivity index (χ0v) is 14.1. The molecule has 0 unspecified atom stereocenters. The monoisotopic (exact) mass is 340 g/mol. The summed E-state index contributed by atoms with van der Waals surface area (Å²) >= 11 is 5.72. The van der Waals surface area contributed by atoms with E-state index in [-0.39, 0.29) is 16.3 Å². The van der Waals surface area contributed by atoms with E-state index >= 15 is 0 Å². The Morgan fingerprint density at radius 3 is 2.18 bits per heavy atom. The number of nitrogens with zero attached hydrogens (tertiary/aromatic N) is 2. The topological polar surface area (TPSA) is 59.4 Å². The first-order valence-corrected chi connectivity index (χ1v) is 8.54. The van der Waals surface area contributed by atoms with Crippen LogP contribution in [0.25, 0.3) is 11.3 Å². The molecule has 0 bridgehead atoms. The first-order chi connectivity index (χ1) is 10.3. The lowest BCUT2D eigenvalue weighted by molar-refractivity contribution is 0.521. The normalized spacial score (nSPS) is 11.9. The molecule has 118 valence electrons. The Hall–Kier alpha value is -1.63. The number of hydrogen-bond donors (Lipinski definition) is 0. The molecule has 22 heavy (non-hydrogen) atoms. The van der Waals surface area contributed by atoms with Crippen LogP contribution in [0.2, 0.25) is 0 Å². The Balaban J connectivity index is 2.49. The van der Waals surface area contributed by atoms with Crippen LogP contribution in [0.5, 0.6) is 0 Å². The molecule has 0 radical (unpaired) electrons. The van der Waals surface area contributed by atoms with Crippen molar-refractivity contribution in [2.45, 2.75) is 10.8 Å². The minimum absolute atomic E-state index is 0.155. The third kappa shape index (κ3) is 2.95. The van der Waals surface area contributed by atoms with E-state index in [0.717, 1.165) is 9.87 Å². The molecule has 0 saturated carbocycles. The highest BCUT2D eigenvalue weighted by Crippen LogP contribution is 2.21. The maximum absolute atomic E-state index is 12.1. The van der Waals surface area contributed by atoms with Gasteiger partial charge in [0.15, 0.2) is 0 Å². The largest absolute Gasteiger partial charge is 0.311 e. The average molecular weight is 341 g/mol. The maximum atomic E-state index is 12.1. The summed E-state index contributed by atoms with van der Waals surface area (Å²) in [5, 5.41) is 0. The van der Waals surface area contributed by atoms with Gasteiger partial charge in [-0.25, -0.2) is 12.7 Å². The second-order valence-corrected chi connectivity index (χ2v) is 7.47. The van der Waals surface area contributed by atoms with E-state index in [9.17, 15) is 13.2 Å². The SMILES string of the molecule is CN(C)S(=O)(=O)c1ccc(-c2ccc(CCl)c(=O)n2C)cc1. The lowest BCUT2D eigenvalue weighted by Gasteiger charge is -2.13. The minimum atomic E-state index is -3.46. The van der Waals surface area contributed by atoms with E-state index in [0.29, 0.717) is 11.3 Å². The highest BCUT2D eigenvalue weighted by molar-refractivity contribution is 7.89. The van der Waals surface area contributed by atoms with Crippen molar-refractivity contribution in [2.24, 2.45) is 7.05 Å². The summed E-state index contributed by atoms with van der Waals surface area (Å²) in [6.07, 6.45) is 0. The molecule has 0 spiro atoms. The molecule has 0 fully saturated rings. The number of alkyl halides is 1. The molecule has 1 aromatic heterocycles. The van der Waals surface area contributed by atoms with Crippen molar-refractivity contribution >= 4 is 21.6 Å². The molecule has 0 N–H and O–H groups in total. The lowest BCUT2D eigenvalue weighted by Crippen LogP contribution is -2.22. The van der Waals surface area contributed by atoms with Gasteiger partial charge in [-0.15, -0.1) is 11.6 Å². The highest BCUT2D eigenvalue weighted by Gasteiger charge is 2.17. The van der Waals surface area contributed by atoms with Gasteiger partial charge in [0.05, 0.1) is 16.5 Å². The number of sulfonamides is 1. The summed E-state index contributed by atoms with van der Waals surface area (Å²) in [6.45, 7) is 0. The molecule has 0 aliphatic heterocycles. The van der Waals surface area contributed by atoms with Crippen LogP contribution in [-0.2, 0) is 23.0 Å². The predicted octanol–water partition coefficient (Wildman–Crippen LogP) is 2.04. The summed E-state index contributed by atoms with van der Waals surface area (Å²) in [5.74, 6) is 0.160. The maximum Gasteiger partial charge on any atom is 0.255 e. The summed E-state index contributed by atoms with van der Waals surface area (Å²) in [4.78, 5) is 12.3. The van der Waals surface area contributed by atoms with Gasteiger partial charge in [0, 0.05) is 26.7 Å². The van der Waals surface area contributed by atoms with Crippen molar-refractivity contribution < 1.29 is 8.42 Å². The molecule has 1 aromatic carbocycles. The fraction of sp³-hybridized carbons (Fsp3) is 0.267. The van der Waals surface area contributed by atoms with E-state index in [4.69, 9.17) is 11.6 Å². The van der Waals surface area contributed by atoms with Crippen LogP contribution < -0.4 is 5.56 Å². The van der Waals surface area contributed by atoms with Crippen LogP contribution in [0.15, 0.2) is 46.1 Å². The molecule has 0 aliphatic rings. The Morgan fingerprint density at radius 2 is 1.68 bits per heavy atom. The van der Waals surface area contributed by atoms with Gasteiger partial charge < -0.3 is 4.57 Å². The van der Waals surface area contributed by atoms with Crippen LogP contribution in [0.3, 0.4) is 0 Å². The van der Waals surface area contributed by atoms with Gasteiger partial charge in [0.2, 0.25) is 10.0 Å². The standard InChI is InChI=1S/C15H17ClN2O3S/c1-17(2)22(20,21)13-7-4-11(5-8-13)14-9-6-12(10-16)15(19)18(14)3/h4-9H,10H2,1-3H3. The van der Waals surface area contributed by atoms with Crippen molar-refractivity contribution in [3.05, 3.63) is 52.3 Å². The van der Waals surface area contributed by atoms with Crippen LogP contribution >= 0.6 is 11.6 Å². The van der Waals surface area contributed by atoms with E-state index in [2.05, 4.69) is 0 Å². The Kier molecular flexibility index (Phi) is 4.75. The lowest BCUT2D eigenvalue weighted by atomic mass is 10.1. The van der Waals surface area contributed by atoms with Gasteiger partial charge >= 0.3 is 0 Å². The van der Waals surface area contributed by atoms with Crippen molar-refractivity contribution in [3.8, 4) is 11.3 Å². The number of aromatic nitrogens is 1. The summed E-state index contributed by atoms with van der Waals surface area (Å²) < 4.78 is 26.7. The Bertz CT molecular complexity index is 840. The first kappa shape index (κ1) is 16.7. The number of halogens is 1. The third-order valence-corrected chi connectivity index (χ3v) is 5.57. The number of pyridine rings is 1. The molecule has 0 saturated heterocycles. The van der Waals surface area contributed by atoms with E-state index in [1.807, 2.05) is 0 Å². The summed E-state index contributed by atoms with van der Waals surface area (Å²) in [6, 6.07) is 9.93. The van der Waals surface area contributed by atoms with Crippen molar-refractivity contribution in [1.29, 1.82) is 0 Å². The van der Waals surface area contributed by atoms with Crippen molar-refractivity contribution in [2.75, 3.05) is 14.1 Å². The predicted molar refractivity (Wildman–Crippen MR) is 87.5 cm³/mol. The molecule has 0 aliphatic carbocycles. The smallest absolute Gasteiger partial charge is 0.255 e. The van der Waals surface area contributed by atoms with E-state index in [1.54, 1.807) is 31.3 Å². The Labute approximate surface area is 134 Å². The van der Waals surface area contributed by atoms with Gasteiger partial charge in [-0.3, -0.25) is 4.79 Å². The number of hydrogen-bond acceptors (Lipinski definition) is 3. The van der Waals surface area contributed by atoms with E-state index in [1.165, 1.54) is 30.8 Å². The third-order valence-electron chi connectivity index (χ3n) is 3.46. The average Bonchev–Trinajstić information content (AvgIpc) is 2.50. The number of benzene rings is 1. The zero-order valence-electron chi connectivity index (χ0n) is 12.6. The zero-order chi connectivity index (χ0) is 16.5. The fourth-order valence-electron chi connectivity index (χ4n) is 2.09. The van der Waals surface area contributed by atoms with Gasteiger partial charge in [-0.05, 0) is 23.8 Å². The van der Waals surface area contributed by atoms with Crippen LogP contribution in [0.4, 0.5) is 0 Å². The van der Waals surface area contributed by atoms with Gasteiger partial charge in [0.1, 0.15) is 0 Å². The number of rotatable bonds is 4. The molecule has 1 heterocycles. The van der Waals surface area contributed by atoms with Crippen LogP contribution in [0, 0.1) is 0 Å². The quantitative estimate of drug-likeness (QED) is 0.800.